The highest BCUT2D eigenvalue weighted by atomic mass is 16.5. The summed E-state index contributed by atoms with van der Waals surface area (Å²) >= 11 is 0. The number of hydrogen-bond donors (Lipinski definition) is 1. The number of nitrogen functional groups attached to an aromatic ring is 1. The van der Waals surface area contributed by atoms with E-state index in [-0.39, 0.29) is 0 Å². The number of rotatable bonds is 2. The summed E-state index contributed by atoms with van der Waals surface area (Å²) in [7, 11) is 0. The van der Waals surface area contributed by atoms with Gasteiger partial charge in [0.25, 0.3) is 0 Å². The average Bonchev–Trinajstić information content (AvgIpc) is 2.65. The molecule has 1 aliphatic carbocycles. The van der Waals surface area contributed by atoms with Gasteiger partial charge in [-0.2, -0.15) is 0 Å². The van der Waals surface area contributed by atoms with Gasteiger partial charge >= 0.3 is 0 Å². The van der Waals surface area contributed by atoms with Gasteiger partial charge in [0.2, 0.25) is 5.88 Å². The van der Waals surface area contributed by atoms with Crippen LogP contribution in [-0.4, -0.2) is 9.97 Å². The third kappa shape index (κ3) is 2.67. The van der Waals surface area contributed by atoms with Crippen molar-refractivity contribution in [2.24, 2.45) is 0 Å². The fourth-order valence-corrected chi connectivity index (χ4v) is 2.45. The van der Waals surface area contributed by atoms with Crippen molar-refractivity contribution >= 4 is 5.69 Å². The third-order valence-corrected chi connectivity index (χ3v) is 3.41. The number of aromatic nitrogens is 2. The molecule has 0 unspecified atom stereocenters. The number of benzene rings is 1. The van der Waals surface area contributed by atoms with Crippen molar-refractivity contribution in [2.75, 3.05) is 5.73 Å². The Hall–Kier alpha value is -2.10. The van der Waals surface area contributed by atoms with Crippen molar-refractivity contribution < 1.29 is 4.74 Å². The van der Waals surface area contributed by atoms with Gasteiger partial charge in [0, 0.05) is 17.3 Å². The van der Waals surface area contributed by atoms with Gasteiger partial charge in [0.05, 0.1) is 5.69 Å². The fourth-order valence-electron chi connectivity index (χ4n) is 2.45. The van der Waals surface area contributed by atoms with Crippen molar-refractivity contribution in [2.45, 2.75) is 32.1 Å². The summed E-state index contributed by atoms with van der Waals surface area (Å²) in [5, 5.41) is 0. The molecule has 0 radical (unpaired) electrons. The average molecular weight is 255 g/mol. The summed E-state index contributed by atoms with van der Waals surface area (Å²) in [6.07, 6.45) is 7.22. The van der Waals surface area contributed by atoms with E-state index in [0.717, 1.165) is 29.8 Å². The number of ether oxygens (including phenoxy) is 1. The minimum absolute atomic E-state index is 0.678. The molecule has 2 N–H and O–H groups in total. The first-order valence-electron chi connectivity index (χ1n) is 6.69. The molecule has 0 atom stereocenters. The van der Waals surface area contributed by atoms with Crippen LogP contribution in [-0.2, 0) is 12.8 Å². The van der Waals surface area contributed by atoms with E-state index in [4.69, 9.17) is 10.5 Å². The lowest BCUT2D eigenvalue weighted by molar-refractivity contribution is 0.453. The van der Waals surface area contributed by atoms with Gasteiger partial charge in [0.15, 0.2) is 0 Å². The molecule has 0 fully saturated rings. The largest absolute Gasteiger partial charge is 0.439 e. The van der Waals surface area contributed by atoms with E-state index in [9.17, 15) is 0 Å². The molecule has 4 heteroatoms. The normalized spacial score (nSPS) is 14.5. The molecule has 0 bridgehead atoms. The second kappa shape index (κ2) is 5.26. The SMILES string of the molecule is Nc1cccc(Oc2ncnc3c2CCCCC3)c1. The van der Waals surface area contributed by atoms with E-state index >= 15 is 0 Å². The Labute approximate surface area is 112 Å². The Morgan fingerprint density at radius 1 is 1.05 bits per heavy atom. The smallest absolute Gasteiger partial charge is 0.225 e. The van der Waals surface area contributed by atoms with Crippen molar-refractivity contribution in [3.8, 4) is 11.6 Å². The number of nitrogens with zero attached hydrogens (tertiary/aromatic N) is 2. The summed E-state index contributed by atoms with van der Waals surface area (Å²) in [5.41, 5.74) is 8.74. The quantitative estimate of drug-likeness (QED) is 0.661. The molecular weight excluding hydrogens is 238 g/mol. The zero-order chi connectivity index (χ0) is 13.1. The molecule has 1 aromatic carbocycles. The maximum atomic E-state index is 5.88. The molecule has 0 amide bonds. The zero-order valence-electron chi connectivity index (χ0n) is 10.8. The molecule has 0 saturated carbocycles. The van der Waals surface area contributed by atoms with Crippen LogP contribution in [0, 0.1) is 0 Å². The van der Waals surface area contributed by atoms with E-state index in [1.807, 2.05) is 24.3 Å². The highest BCUT2D eigenvalue weighted by Gasteiger charge is 2.15. The summed E-state index contributed by atoms with van der Waals surface area (Å²) in [6, 6.07) is 7.42. The molecule has 1 aromatic heterocycles. The van der Waals surface area contributed by atoms with Crippen molar-refractivity contribution in [1.82, 2.24) is 9.97 Å². The first kappa shape index (κ1) is 12.0. The van der Waals surface area contributed by atoms with Crippen LogP contribution >= 0.6 is 0 Å². The molecule has 19 heavy (non-hydrogen) atoms. The van der Waals surface area contributed by atoms with Gasteiger partial charge in [0.1, 0.15) is 12.1 Å². The molecular formula is C15H17N3O. The van der Waals surface area contributed by atoms with Gasteiger partial charge < -0.3 is 10.5 Å². The molecule has 4 nitrogen and oxygen atoms in total. The third-order valence-electron chi connectivity index (χ3n) is 3.41. The predicted octanol–water partition coefficient (Wildman–Crippen LogP) is 3.12. The van der Waals surface area contributed by atoms with E-state index in [2.05, 4.69) is 9.97 Å². The molecule has 0 saturated heterocycles. The van der Waals surface area contributed by atoms with E-state index in [1.165, 1.54) is 19.3 Å². The molecule has 2 aromatic rings. The molecule has 3 rings (SSSR count). The second-order valence-electron chi connectivity index (χ2n) is 4.84. The van der Waals surface area contributed by atoms with Crippen LogP contribution in [0.1, 0.15) is 30.5 Å². The summed E-state index contributed by atoms with van der Waals surface area (Å²) < 4.78 is 5.88. The van der Waals surface area contributed by atoms with Gasteiger partial charge in [-0.05, 0) is 37.8 Å². The van der Waals surface area contributed by atoms with Gasteiger partial charge in [-0.1, -0.05) is 12.5 Å². The minimum Gasteiger partial charge on any atom is -0.439 e. The first-order chi connectivity index (χ1) is 9.33. The maximum Gasteiger partial charge on any atom is 0.225 e. The standard InChI is InChI=1S/C15H17N3O/c16-11-5-4-6-12(9-11)19-15-13-7-2-1-3-8-14(13)17-10-18-15/h4-6,9-10H,1-3,7-8,16H2. The first-order valence-corrected chi connectivity index (χ1v) is 6.69. The summed E-state index contributed by atoms with van der Waals surface area (Å²) in [4.78, 5) is 8.67. The minimum atomic E-state index is 0.678. The van der Waals surface area contributed by atoms with Gasteiger partial charge in [-0.25, -0.2) is 9.97 Å². The molecule has 1 aliphatic rings. The molecule has 0 aliphatic heterocycles. The van der Waals surface area contributed by atoms with Crippen LogP contribution in [0.4, 0.5) is 5.69 Å². The zero-order valence-corrected chi connectivity index (χ0v) is 10.8. The molecule has 0 spiro atoms. The lowest BCUT2D eigenvalue weighted by Gasteiger charge is -2.11. The molecule has 98 valence electrons. The van der Waals surface area contributed by atoms with Crippen molar-refractivity contribution in [3.63, 3.8) is 0 Å². The van der Waals surface area contributed by atoms with Crippen LogP contribution in [0.5, 0.6) is 11.6 Å². The van der Waals surface area contributed by atoms with Crippen LogP contribution in [0.2, 0.25) is 0 Å². The van der Waals surface area contributed by atoms with Gasteiger partial charge in [-0.15, -0.1) is 0 Å². The van der Waals surface area contributed by atoms with E-state index in [0.29, 0.717) is 11.6 Å². The number of anilines is 1. The van der Waals surface area contributed by atoms with Crippen molar-refractivity contribution in [1.29, 1.82) is 0 Å². The number of nitrogens with two attached hydrogens (primary N) is 1. The Morgan fingerprint density at radius 3 is 2.84 bits per heavy atom. The summed E-state index contributed by atoms with van der Waals surface area (Å²) in [5.74, 6) is 1.41. The van der Waals surface area contributed by atoms with E-state index in [1.54, 1.807) is 6.33 Å². The fraction of sp³-hybridized carbons (Fsp3) is 0.333. The Balaban J connectivity index is 1.93. The highest BCUT2D eigenvalue weighted by molar-refractivity contribution is 5.45. The van der Waals surface area contributed by atoms with Gasteiger partial charge in [-0.3, -0.25) is 0 Å². The number of fused-ring (bicyclic) bond motifs is 1. The number of hydrogen-bond acceptors (Lipinski definition) is 4. The van der Waals surface area contributed by atoms with Crippen LogP contribution in [0.3, 0.4) is 0 Å². The Kier molecular flexibility index (Phi) is 3.31. The van der Waals surface area contributed by atoms with Crippen molar-refractivity contribution in [3.05, 3.63) is 41.9 Å². The predicted molar refractivity (Wildman–Crippen MR) is 74.2 cm³/mol. The number of aryl methyl sites for hydroxylation is 1. The summed E-state index contributed by atoms with van der Waals surface area (Å²) in [6.45, 7) is 0. The topological polar surface area (TPSA) is 61.0 Å². The maximum absolute atomic E-state index is 5.88. The Bertz CT molecular complexity index is 583. The lowest BCUT2D eigenvalue weighted by Crippen LogP contribution is -2.01. The monoisotopic (exact) mass is 255 g/mol. The second-order valence-corrected chi connectivity index (χ2v) is 4.84. The lowest BCUT2D eigenvalue weighted by atomic mass is 10.1. The highest BCUT2D eigenvalue weighted by Crippen LogP contribution is 2.29. The Morgan fingerprint density at radius 2 is 1.95 bits per heavy atom. The van der Waals surface area contributed by atoms with Crippen LogP contribution < -0.4 is 10.5 Å². The van der Waals surface area contributed by atoms with E-state index < -0.39 is 0 Å². The molecule has 1 heterocycles. The van der Waals surface area contributed by atoms with Crippen LogP contribution in [0.25, 0.3) is 0 Å². The van der Waals surface area contributed by atoms with Crippen LogP contribution in [0.15, 0.2) is 30.6 Å².